The van der Waals surface area contributed by atoms with Crippen molar-refractivity contribution in [2.24, 2.45) is 0 Å². The molecule has 2 aromatic heterocycles. The minimum Gasteiger partial charge on any atom is -0.384 e. The van der Waals surface area contributed by atoms with Crippen LogP contribution in [0.5, 0.6) is 0 Å². The van der Waals surface area contributed by atoms with E-state index in [1.165, 1.54) is 0 Å². The van der Waals surface area contributed by atoms with Crippen molar-refractivity contribution in [3.05, 3.63) is 36.5 Å². The van der Waals surface area contributed by atoms with Gasteiger partial charge in [-0.2, -0.15) is 0 Å². The summed E-state index contributed by atoms with van der Waals surface area (Å²) >= 11 is 0. The van der Waals surface area contributed by atoms with Crippen LogP contribution in [0, 0.1) is 6.92 Å². The molecule has 0 aliphatic rings. The molecular formula is C9H10N4. The van der Waals surface area contributed by atoms with Gasteiger partial charge in [-0.05, 0) is 13.0 Å². The first-order valence-electron chi connectivity index (χ1n) is 3.98. The summed E-state index contributed by atoms with van der Waals surface area (Å²) in [5.74, 6) is 0.519. The summed E-state index contributed by atoms with van der Waals surface area (Å²) in [7, 11) is 0. The van der Waals surface area contributed by atoms with E-state index in [-0.39, 0.29) is 0 Å². The topological polar surface area (TPSA) is 56.7 Å². The minimum atomic E-state index is 0.519. The standard InChI is InChI=1S/C9H10N4/c1-7-5-11-6-13(7)8-2-3-12-9(10)4-8/h2-6H,1H3,(H2,10,12). The monoisotopic (exact) mass is 174 g/mol. The van der Waals surface area contributed by atoms with E-state index >= 15 is 0 Å². The van der Waals surface area contributed by atoms with Gasteiger partial charge < -0.3 is 10.3 Å². The Labute approximate surface area is 76.1 Å². The number of nitrogens with zero attached hydrogens (tertiary/aromatic N) is 3. The maximum atomic E-state index is 5.57. The zero-order valence-corrected chi connectivity index (χ0v) is 7.31. The molecule has 2 aromatic rings. The molecular weight excluding hydrogens is 164 g/mol. The Morgan fingerprint density at radius 1 is 1.46 bits per heavy atom. The molecule has 0 unspecified atom stereocenters. The number of hydrogen-bond donors (Lipinski definition) is 1. The second-order valence-corrected chi connectivity index (χ2v) is 2.84. The number of aromatic nitrogens is 3. The third-order valence-corrected chi connectivity index (χ3v) is 1.87. The van der Waals surface area contributed by atoms with Crippen molar-refractivity contribution >= 4 is 5.82 Å². The van der Waals surface area contributed by atoms with E-state index < -0.39 is 0 Å². The van der Waals surface area contributed by atoms with Crippen LogP contribution in [0.1, 0.15) is 5.69 Å². The van der Waals surface area contributed by atoms with Crippen LogP contribution >= 0.6 is 0 Å². The second-order valence-electron chi connectivity index (χ2n) is 2.84. The Kier molecular flexibility index (Phi) is 1.73. The largest absolute Gasteiger partial charge is 0.384 e. The van der Waals surface area contributed by atoms with Crippen molar-refractivity contribution in [1.82, 2.24) is 14.5 Å². The van der Waals surface area contributed by atoms with Crippen LogP contribution in [-0.4, -0.2) is 14.5 Å². The average Bonchev–Trinajstić information content (AvgIpc) is 2.51. The van der Waals surface area contributed by atoms with Crippen molar-refractivity contribution in [2.45, 2.75) is 6.92 Å². The molecule has 0 saturated heterocycles. The van der Waals surface area contributed by atoms with Gasteiger partial charge in [-0.3, -0.25) is 0 Å². The van der Waals surface area contributed by atoms with E-state index in [0.29, 0.717) is 5.82 Å². The summed E-state index contributed by atoms with van der Waals surface area (Å²) in [5.41, 5.74) is 7.63. The fourth-order valence-corrected chi connectivity index (χ4v) is 1.22. The van der Waals surface area contributed by atoms with Crippen molar-refractivity contribution in [3.8, 4) is 5.69 Å². The summed E-state index contributed by atoms with van der Waals surface area (Å²) in [4.78, 5) is 7.95. The number of anilines is 1. The first kappa shape index (κ1) is 7.79. The minimum absolute atomic E-state index is 0.519. The van der Waals surface area contributed by atoms with E-state index in [4.69, 9.17) is 5.73 Å². The van der Waals surface area contributed by atoms with Gasteiger partial charge in [0, 0.05) is 24.2 Å². The first-order chi connectivity index (χ1) is 6.27. The van der Waals surface area contributed by atoms with Gasteiger partial charge in [0.05, 0.1) is 12.0 Å². The Hall–Kier alpha value is -1.84. The van der Waals surface area contributed by atoms with Crippen molar-refractivity contribution in [2.75, 3.05) is 5.73 Å². The fourth-order valence-electron chi connectivity index (χ4n) is 1.22. The van der Waals surface area contributed by atoms with Gasteiger partial charge in [0.1, 0.15) is 5.82 Å². The number of hydrogen-bond acceptors (Lipinski definition) is 3. The third-order valence-electron chi connectivity index (χ3n) is 1.87. The molecule has 2 heterocycles. The normalized spacial score (nSPS) is 10.2. The molecule has 4 heteroatoms. The summed E-state index contributed by atoms with van der Waals surface area (Å²) in [6.07, 6.45) is 5.24. The molecule has 2 N–H and O–H groups in total. The Bertz CT molecular complexity index is 419. The molecule has 0 aliphatic carbocycles. The van der Waals surface area contributed by atoms with Crippen LogP contribution < -0.4 is 5.73 Å². The van der Waals surface area contributed by atoms with Gasteiger partial charge in [0.25, 0.3) is 0 Å². The SMILES string of the molecule is Cc1cncn1-c1ccnc(N)c1. The molecule has 0 amide bonds. The van der Waals surface area contributed by atoms with Crippen molar-refractivity contribution in [1.29, 1.82) is 0 Å². The molecule has 0 bridgehead atoms. The number of nitrogen functional groups attached to an aromatic ring is 1. The zero-order chi connectivity index (χ0) is 9.26. The predicted molar refractivity (Wildman–Crippen MR) is 50.5 cm³/mol. The number of aryl methyl sites for hydroxylation is 1. The summed E-state index contributed by atoms with van der Waals surface area (Å²) in [5, 5.41) is 0. The fraction of sp³-hybridized carbons (Fsp3) is 0.111. The van der Waals surface area contributed by atoms with Gasteiger partial charge in [0.15, 0.2) is 0 Å². The molecule has 0 aromatic carbocycles. The van der Waals surface area contributed by atoms with E-state index in [9.17, 15) is 0 Å². The predicted octanol–water partition coefficient (Wildman–Crippen LogP) is 1.16. The molecule has 0 spiro atoms. The Morgan fingerprint density at radius 2 is 2.31 bits per heavy atom. The van der Waals surface area contributed by atoms with Crippen LogP contribution in [-0.2, 0) is 0 Å². The van der Waals surface area contributed by atoms with Gasteiger partial charge in [0.2, 0.25) is 0 Å². The summed E-state index contributed by atoms with van der Waals surface area (Å²) in [6, 6.07) is 3.71. The first-order valence-corrected chi connectivity index (χ1v) is 3.98. The average molecular weight is 174 g/mol. The van der Waals surface area contributed by atoms with Crippen LogP contribution in [0.2, 0.25) is 0 Å². The quantitative estimate of drug-likeness (QED) is 0.705. The summed E-state index contributed by atoms with van der Waals surface area (Å²) < 4.78 is 1.96. The molecule has 0 atom stereocenters. The Morgan fingerprint density at radius 3 is 2.92 bits per heavy atom. The lowest BCUT2D eigenvalue weighted by Crippen LogP contribution is -1.97. The van der Waals surface area contributed by atoms with Gasteiger partial charge in [-0.15, -0.1) is 0 Å². The van der Waals surface area contributed by atoms with Gasteiger partial charge in [-0.25, -0.2) is 9.97 Å². The highest BCUT2D eigenvalue weighted by atomic mass is 15.0. The molecule has 2 rings (SSSR count). The lowest BCUT2D eigenvalue weighted by Gasteiger charge is -2.04. The highest BCUT2D eigenvalue weighted by Crippen LogP contribution is 2.11. The lowest BCUT2D eigenvalue weighted by molar-refractivity contribution is 1.000. The van der Waals surface area contributed by atoms with Crippen LogP contribution in [0.4, 0.5) is 5.82 Å². The molecule has 0 aliphatic heterocycles. The van der Waals surface area contributed by atoms with E-state index in [0.717, 1.165) is 11.4 Å². The van der Waals surface area contributed by atoms with Gasteiger partial charge >= 0.3 is 0 Å². The molecule has 0 fully saturated rings. The Balaban J connectivity index is 2.53. The lowest BCUT2D eigenvalue weighted by atomic mass is 10.3. The van der Waals surface area contributed by atoms with Crippen LogP contribution in [0.25, 0.3) is 5.69 Å². The number of rotatable bonds is 1. The van der Waals surface area contributed by atoms with E-state index in [1.807, 2.05) is 23.6 Å². The molecule has 0 saturated carbocycles. The maximum absolute atomic E-state index is 5.57. The number of nitrogens with two attached hydrogens (primary N) is 1. The zero-order valence-electron chi connectivity index (χ0n) is 7.31. The van der Waals surface area contributed by atoms with Gasteiger partial charge in [-0.1, -0.05) is 0 Å². The third kappa shape index (κ3) is 1.38. The highest BCUT2D eigenvalue weighted by Gasteiger charge is 1.99. The molecule has 66 valence electrons. The summed E-state index contributed by atoms with van der Waals surface area (Å²) in [6.45, 7) is 1.99. The van der Waals surface area contributed by atoms with E-state index in [1.54, 1.807) is 18.7 Å². The maximum Gasteiger partial charge on any atom is 0.125 e. The van der Waals surface area contributed by atoms with Crippen molar-refractivity contribution < 1.29 is 0 Å². The molecule has 13 heavy (non-hydrogen) atoms. The number of imidazole rings is 1. The molecule has 4 nitrogen and oxygen atoms in total. The van der Waals surface area contributed by atoms with Crippen molar-refractivity contribution in [3.63, 3.8) is 0 Å². The second kappa shape index (κ2) is 2.90. The smallest absolute Gasteiger partial charge is 0.125 e. The highest BCUT2D eigenvalue weighted by molar-refractivity contribution is 5.42. The van der Waals surface area contributed by atoms with Crippen LogP contribution in [0.3, 0.4) is 0 Å². The van der Waals surface area contributed by atoms with E-state index in [2.05, 4.69) is 9.97 Å². The number of pyridine rings is 1. The van der Waals surface area contributed by atoms with Crippen LogP contribution in [0.15, 0.2) is 30.9 Å². The molecule has 0 radical (unpaired) electrons.